The number of anilines is 2. The number of hydrogen-bond donors (Lipinski definition) is 1. The number of nitrogens with one attached hydrogen (secondary N) is 1. The molecule has 188 valence electrons. The molecule has 2 aromatic heterocycles. The second-order valence-electron chi connectivity index (χ2n) is 8.42. The Bertz CT molecular complexity index is 1300. The van der Waals surface area contributed by atoms with Crippen molar-refractivity contribution >= 4 is 22.7 Å². The zero-order chi connectivity index (χ0) is 25.3. The lowest BCUT2D eigenvalue weighted by Crippen LogP contribution is -2.36. The van der Waals surface area contributed by atoms with Crippen molar-refractivity contribution in [2.75, 3.05) is 25.0 Å². The molecular weight excluding hydrogens is 454 g/mol. The third kappa shape index (κ3) is 6.47. The fourth-order valence-electron chi connectivity index (χ4n) is 4.02. The lowest BCUT2D eigenvalue weighted by molar-refractivity contribution is 0.0481. The molecule has 0 saturated heterocycles. The molecule has 0 spiro atoms. The first kappa shape index (κ1) is 25.3. The Morgan fingerprint density at radius 1 is 1.00 bits per heavy atom. The van der Waals surface area contributed by atoms with Crippen LogP contribution in [0, 0.1) is 0 Å². The monoisotopic (exact) mass is 487 g/mol. The highest BCUT2D eigenvalue weighted by atomic mass is 16.5. The van der Waals surface area contributed by atoms with Crippen molar-refractivity contribution < 1.29 is 9.47 Å². The summed E-state index contributed by atoms with van der Waals surface area (Å²) in [6.45, 7) is 9.45. The topological polar surface area (TPSA) is 81.5 Å². The van der Waals surface area contributed by atoms with E-state index in [9.17, 15) is 4.79 Å². The highest BCUT2D eigenvalue weighted by molar-refractivity contribution is 5.75. The second-order valence-corrected chi connectivity index (χ2v) is 8.42. The van der Waals surface area contributed by atoms with Gasteiger partial charge in [0.05, 0.1) is 19.8 Å². The standard InChI is InChI=1S/C28H33N5O3/c1-4-32(5-2)21(3)36-25-14-12-24(13-15-25)30-28-29-19-23-11-16-26(34)33(27(23)31-28)17-18-35-20-22-9-7-6-8-10-22/h6-16,19,21H,4-5,17-18,20H2,1-3H3,(H,29,30,31). The van der Waals surface area contributed by atoms with Crippen LogP contribution in [0.5, 0.6) is 5.75 Å². The molecule has 1 N–H and O–H groups in total. The Labute approximate surface area is 211 Å². The summed E-state index contributed by atoms with van der Waals surface area (Å²) in [5.74, 6) is 1.21. The van der Waals surface area contributed by atoms with Gasteiger partial charge in [0.15, 0.2) is 0 Å². The van der Waals surface area contributed by atoms with Gasteiger partial charge in [0, 0.05) is 23.3 Å². The maximum absolute atomic E-state index is 12.6. The minimum Gasteiger partial charge on any atom is -0.475 e. The molecule has 4 aromatic rings. The molecule has 8 heteroatoms. The number of ether oxygens (including phenoxy) is 2. The maximum atomic E-state index is 12.6. The van der Waals surface area contributed by atoms with Gasteiger partial charge in [0.2, 0.25) is 5.95 Å². The first-order chi connectivity index (χ1) is 17.6. The van der Waals surface area contributed by atoms with Crippen LogP contribution < -0.4 is 15.6 Å². The summed E-state index contributed by atoms with van der Waals surface area (Å²) in [5.41, 5.74) is 2.36. The van der Waals surface area contributed by atoms with Crippen LogP contribution in [0.15, 0.2) is 77.7 Å². The molecule has 0 fully saturated rings. The van der Waals surface area contributed by atoms with Crippen LogP contribution in [0.1, 0.15) is 26.3 Å². The van der Waals surface area contributed by atoms with E-state index < -0.39 is 0 Å². The summed E-state index contributed by atoms with van der Waals surface area (Å²) < 4.78 is 13.5. The predicted molar refractivity (Wildman–Crippen MR) is 143 cm³/mol. The molecule has 2 heterocycles. The van der Waals surface area contributed by atoms with Crippen LogP contribution in [0.4, 0.5) is 11.6 Å². The number of aromatic nitrogens is 3. The molecule has 8 nitrogen and oxygen atoms in total. The zero-order valence-electron chi connectivity index (χ0n) is 21.1. The van der Waals surface area contributed by atoms with Crippen LogP contribution in [0.25, 0.3) is 11.0 Å². The molecule has 0 saturated carbocycles. The molecule has 1 atom stereocenters. The lowest BCUT2D eigenvalue weighted by atomic mass is 10.2. The van der Waals surface area contributed by atoms with Gasteiger partial charge in [0.25, 0.3) is 5.56 Å². The van der Waals surface area contributed by atoms with E-state index in [1.165, 1.54) is 6.07 Å². The summed E-state index contributed by atoms with van der Waals surface area (Å²) in [7, 11) is 0. The van der Waals surface area contributed by atoms with E-state index in [2.05, 4.69) is 34.0 Å². The minimum atomic E-state index is -0.126. The number of rotatable bonds is 12. The van der Waals surface area contributed by atoms with Gasteiger partial charge in [-0.25, -0.2) is 4.98 Å². The summed E-state index contributed by atoms with van der Waals surface area (Å²) in [4.78, 5) is 23.9. The summed E-state index contributed by atoms with van der Waals surface area (Å²) in [5, 5.41) is 4.01. The van der Waals surface area contributed by atoms with Crippen molar-refractivity contribution in [3.8, 4) is 5.75 Å². The molecule has 0 radical (unpaired) electrons. The van der Waals surface area contributed by atoms with E-state index in [-0.39, 0.29) is 11.8 Å². The quantitative estimate of drug-likeness (QED) is 0.227. The van der Waals surface area contributed by atoms with Crippen LogP contribution in [0.3, 0.4) is 0 Å². The average molecular weight is 488 g/mol. The molecule has 0 aliphatic heterocycles. The fraction of sp³-hybridized carbons (Fsp3) is 0.321. The van der Waals surface area contributed by atoms with Crippen molar-refractivity contribution in [2.45, 2.75) is 40.2 Å². The van der Waals surface area contributed by atoms with E-state index in [0.29, 0.717) is 31.4 Å². The van der Waals surface area contributed by atoms with Gasteiger partial charge in [-0.05, 0) is 55.9 Å². The van der Waals surface area contributed by atoms with Crippen molar-refractivity contribution in [2.24, 2.45) is 0 Å². The first-order valence-corrected chi connectivity index (χ1v) is 12.3. The Morgan fingerprint density at radius 2 is 1.75 bits per heavy atom. The molecule has 0 aliphatic carbocycles. The number of pyridine rings is 1. The van der Waals surface area contributed by atoms with E-state index in [4.69, 9.17) is 9.47 Å². The van der Waals surface area contributed by atoms with Crippen LogP contribution in [-0.4, -0.2) is 45.4 Å². The smallest absolute Gasteiger partial charge is 0.252 e. The van der Waals surface area contributed by atoms with E-state index in [0.717, 1.165) is 35.5 Å². The molecule has 2 aromatic carbocycles. The number of nitrogens with zero attached hydrogens (tertiary/aromatic N) is 4. The van der Waals surface area contributed by atoms with Crippen molar-refractivity contribution in [1.82, 2.24) is 19.4 Å². The van der Waals surface area contributed by atoms with Gasteiger partial charge < -0.3 is 14.8 Å². The Hall–Kier alpha value is -3.75. The highest BCUT2D eigenvalue weighted by Gasteiger charge is 2.12. The van der Waals surface area contributed by atoms with Gasteiger partial charge in [-0.2, -0.15) is 4.98 Å². The Kier molecular flexibility index (Phi) is 8.65. The molecule has 0 amide bonds. The number of hydrogen-bond acceptors (Lipinski definition) is 7. The number of fused-ring (bicyclic) bond motifs is 1. The highest BCUT2D eigenvalue weighted by Crippen LogP contribution is 2.21. The largest absolute Gasteiger partial charge is 0.475 e. The van der Waals surface area contributed by atoms with Gasteiger partial charge in [-0.3, -0.25) is 14.3 Å². The lowest BCUT2D eigenvalue weighted by Gasteiger charge is -2.26. The molecule has 1 unspecified atom stereocenters. The second kappa shape index (κ2) is 12.3. The number of benzene rings is 2. The third-order valence-electron chi connectivity index (χ3n) is 6.04. The molecule has 0 bridgehead atoms. The zero-order valence-corrected chi connectivity index (χ0v) is 21.1. The molecule has 4 rings (SSSR count). The minimum absolute atomic E-state index is 0.00367. The first-order valence-electron chi connectivity index (χ1n) is 12.3. The Morgan fingerprint density at radius 3 is 2.47 bits per heavy atom. The van der Waals surface area contributed by atoms with Gasteiger partial charge >= 0.3 is 0 Å². The van der Waals surface area contributed by atoms with Gasteiger partial charge in [-0.15, -0.1) is 0 Å². The summed E-state index contributed by atoms with van der Waals surface area (Å²) >= 11 is 0. The van der Waals surface area contributed by atoms with Crippen molar-refractivity contribution in [3.63, 3.8) is 0 Å². The normalized spacial score (nSPS) is 12.1. The van der Waals surface area contributed by atoms with Crippen LogP contribution in [-0.2, 0) is 17.9 Å². The predicted octanol–water partition coefficient (Wildman–Crippen LogP) is 4.82. The van der Waals surface area contributed by atoms with E-state index in [1.807, 2.05) is 61.5 Å². The summed E-state index contributed by atoms with van der Waals surface area (Å²) in [6.07, 6.45) is 1.71. The van der Waals surface area contributed by atoms with Crippen molar-refractivity contribution in [3.05, 3.63) is 88.8 Å². The molecule has 0 aliphatic rings. The SMILES string of the molecule is CCN(CC)C(C)Oc1ccc(Nc2ncc3ccc(=O)n(CCOCc4ccccc4)c3n2)cc1. The molecular formula is C28H33N5O3. The van der Waals surface area contributed by atoms with Crippen LogP contribution in [0.2, 0.25) is 0 Å². The molecule has 36 heavy (non-hydrogen) atoms. The Balaban J connectivity index is 1.43. The van der Waals surface area contributed by atoms with E-state index >= 15 is 0 Å². The maximum Gasteiger partial charge on any atom is 0.252 e. The fourth-order valence-corrected chi connectivity index (χ4v) is 4.02. The summed E-state index contributed by atoms with van der Waals surface area (Å²) in [6, 6.07) is 20.9. The van der Waals surface area contributed by atoms with Crippen molar-refractivity contribution in [1.29, 1.82) is 0 Å². The average Bonchev–Trinajstić information content (AvgIpc) is 2.90. The third-order valence-corrected chi connectivity index (χ3v) is 6.04. The van der Waals surface area contributed by atoms with E-state index in [1.54, 1.807) is 16.8 Å². The van der Waals surface area contributed by atoms with Crippen LogP contribution >= 0.6 is 0 Å². The van der Waals surface area contributed by atoms with Gasteiger partial charge in [-0.1, -0.05) is 44.2 Å². The van der Waals surface area contributed by atoms with Gasteiger partial charge in [0.1, 0.15) is 17.6 Å².